The third-order valence-electron chi connectivity index (χ3n) is 3.80. The van der Waals surface area contributed by atoms with Gasteiger partial charge in [-0.15, -0.1) is 0 Å². The van der Waals surface area contributed by atoms with Crippen molar-refractivity contribution < 1.29 is 18.9 Å². The molecule has 4 rings (SSSR count). The Morgan fingerprint density at radius 2 is 1.26 bits per heavy atom. The summed E-state index contributed by atoms with van der Waals surface area (Å²) in [6.07, 6.45) is 0. The molecule has 0 fully saturated rings. The number of rotatable bonds is 8. The van der Waals surface area contributed by atoms with Gasteiger partial charge in [0.05, 0.1) is 0 Å². The van der Waals surface area contributed by atoms with E-state index in [2.05, 4.69) is 51.9 Å². The summed E-state index contributed by atoms with van der Waals surface area (Å²) in [5.41, 5.74) is 0.684. The molecular weight excluding hydrogens is 407 g/mol. The van der Waals surface area contributed by atoms with Gasteiger partial charge in [-0.05, 0) is 57.3 Å². The Hall–Kier alpha value is -4.82. The predicted octanol–water partition coefficient (Wildman–Crippen LogP) is -0.0583. The summed E-state index contributed by atoms with van der Waals surface area (Å²) in [6, 6.07) is 13.0. The van der Waals surface area contributed by atoms with Gasteiger partial charge in [-0.1, -0.05) is 22.3 Å². The van der Waals surface area contributed by atoms with Gasteiger partial charge in [-0.25, -0.2) is 10.2 Å². The molecule has 31 heavy (non-hydrogen) atoms. The number of carbonyl (C=O) groups excluding carboxylic acids is 2. The number of hydrogen-bond donors (Lipinski definition) is 4. The highest BCUT2D eigenvalue weighted by Crippen LogP contribution is 2.16. The van der Waals surface area contributed by atoms with Crippen molar-refractivity contribution in [1.82, 2.24) is 41.2 Å². The van der Waals surface area contributed by atoms with E-state index in [1.54, 1.807) is 36.4 Å². The van der Waals surface area contributed by atoms with Crippen LogP contribution in [-0.2, 0) is 0 Å². The van der Waals surface area contributed by atoms with Crippen LogP contribution in [0.1, 0.15) is 20.7 Å². The van der Waals surface area contributed by atoms with Crippen LogP contribution in [0.3, 0.4) is 0 Å². The van der Waals surface area contributed by atoms with Crippen molar-refractivity contribution in [2.75, 3.05) is 10.6 Å². The van der Waals surface area contributed by atoms with Gasteiger partial charge < -0.3 is 9.31 Å². The van der Waals surface area contributed by atoms with E-state index in [0.717, 1.165) is 0 Å². The second kappa shape index (κ2) is 9.12. The van der Waals surface area contributed by atoms with Crippen molar-refractivity contribution in [3.05, 3.63) is 59.7 Å². The third kappa shape index (κ3) is 5.17. The van der Waals surface area contributed by atoms with Crippen molar-refractivity contribution in [2.45, 2.75) is 0 Å². The summed E-state index contributed by atoms with van der Waals surface area (Å²) < 4.78 is 11.1. The van der Waals surface area contributed by atoms with Crippen LogP contribution in [0.2, 0.25) is 0 Å². The number of anilines is 2. The zero-order valence-corrected chi connectivity index (χ0v) is 15.6. The van der Waals surface area contributed by atoms with E-state index < -0.39 is 11.8 Å². The molecular formula is C16H13BN10O4. The fourth-order valence-corrected chi connectivity index (χ4v) is 2.40. The Kier molecular flexibility index (Phi) is 5.74. The maximum absolute atomic E-state index is 12.2. The Balaban J connectivity index is 1.32. The molecule has 15 heteroatoms. The summed E-state index contributed by atoms with van der Waals surface area (Å²) in [5.74, 6) is 0.257. The van der Waals surface area contributed by atoms with E-state index in [0.29, 0.717) is 22.6 Å². The van der Waals surface area contributed by atoms with E-state index in [4.69, 9.17) is 9.31 Å². The molecule has 4 aromatic rings. The van der Waals surface area contributed by atoms with Crippen LogP contribution in [0, 0.1) is 0 Å². The lowest BCUT2D eigenvalue weighted by Crippen LogP contribution is -2.15. The Bertz CT molecular complexity index is 1080. The largest absolute Gasteiger partial charge is 0.576 e. The van der Waals surface area contributed by atoms with E-state index in [1.807, 2.05) is 0 Å². The average Bonchev–Trinajstić information content (AvgIpc) is 3.49. The van der Waals surface area contributed by atoms with Gasteiger partial charge in [0.25, 0.3) is 11.8 Å². The molecule has 0 saturated heterocycles. The van der Waals surface area contributed by atoms with Crippen molar-refractivity contribution in [3.8, 4) is 11.5 Å². The molecule has 0 bridgehead atoms. The zero-order chi connectivity index (χ0) is 21.5. The number of hydrogen-bond acceptors (Lipinski definition) is 10. The molecule has 2 aromatic heterocycles. The third-order valence-corrected chi connectivity index (χ3v) is 3.80. The number of H-pyrrole nitrogens is 2. The molecule has 4 N–H and O–H groups in total. The minimum Gasteiger partial charge on any atom is -0.529 e. The molecule has 0 aliphatic carbocycles. The maximum atomic E-state index is 12.2. The fraction of sp³-hybridized carbons (Fsp3) is 0. The second-order valence-electron chi connectivity index (χ2n) is 5.87. The molecule has 2 amide bonds. The minimum atomic E-state index is -0.411. The molecule has 0 radical (unpaired) electrons. The van der Waals surface area contributed by atoms with E-state index in [1.165, 1.54) is 12.1 Å². The highest BCUT2D eigenvalue weighted by molar-refractivity contribution is 6.21. The molecule has 0 spiro atoms. The van der Waals surface area contributed by atoms with E-state index in [-0.39, 0.29) is 19.6 Å². The van der Waals surface area contributed by atoms with E-state index >= 15 is 0 Å². The summed E-state index contributed by atoms with van der Waals surface area (Å²) in [6.45, 7) is 0. The van der Waals surface area contributed by atoms with Crippen molar-refractivity contribution in [1.29, 1.82) is 0 Å². The van der Waals surface area contributed by atoms with Crippen molar-refractivity contribution >= 4 is 31.4 Å². The first-order valence-corrected chi connectivity index (χ1v) is 8.73. The standard InChI is InChI=1S/C16H13BN10O4/c28-13(18-15-20-24-25-21-15)9-3-1-5-11(7-9)30-17-31-12-6-2-4-10(8-12)14(29)19-16-22-26-27-23-16/h1-8,17H,(H2,18,20,21,24,25,28)(H2,19,22,23,26,27,29). The normalized spacial score (nSPS) is 10.2. The summed E-state index contributed by atoms with van der Waals surface area (Å²) in [4.78, 5) is 24.4. The molecule has 14 nitrogen and oxygen atoms in total. The first-order valence-electron chi connectivity index (χ1n) is 8.73. The minimum absolute atomic E-state index is 0.128. The van der Waals surface area contributed by atoms with Crippen LogP contribution in [0.4, 0.5) is 11.9 Å². The van der Waals surface area contributed by atoms with Gasteiger partial charge >= 0.3 is 7.69 Å². The topological polar surface area (TPSA) is 186 Å². The summed E-state index contributed by atoms with van der Waals surface area (Å²) >= 11 is 0. The number of aromatic nitrogens is 8. The van der Waals surface area contributed by atoms with Crippen molar-refractivity contribution in [2.24, 2.45) is 0 Å². The molecule has 0 atom stereocenters. The van der Waals surface area contributed by atoms with Crippen LogP contribution in [0.5, 0.6) is 11.5 Å². The van der Waals surface area contributed by atoms with Gasteiger partial charge in [0, 0.05) is 11.1 Å². The number of nitrogens with one attached hydrogen (secondary N) is 4. The van der Waals surface area contributed by atoms with Gasteiger partial charge in [0.2, 0.25) is 11.9 Å². The molecule has 2 aromatic carbocycles. The van der Waals surface area contributed by atoms with Crippen LogP contribution < -0.4 is 19.9 Å². The van der Waals surface area contributed by atoms with Crippen LogP contribution in [0.15, 0.2) is 48.5 Å². The lowest BCUT2D eigenvalue weighted by atomic mass is 10.2. The monoisotopic (exact) mass is 420 g/mol. The molecule has 0 unspecified atom stereocenters. The number of tetrazole rings is 2. The fourth-order valence-electron chi connectivity index (χ4n) is 2.40. The highest BCUT2D eigenvalue weighted by Gasteiger charge is 2.11. The Morgan fingerprint density at radius 3 is 1.68 bits per heavy atom. The van der Waals surface area contributed by atoms with Crippen LogP contribution in [0.25, 0.3) is 0 Å². The molecule has 0 aliphatic rings. The Labute approximate surface area is 174 Å². The van der Waals surface area contributed by atoms with Crippen molar-refractivity contribution in [3.63, 3.8) is 0 Å². The Morgan fingerprint density at radius 1 is 0.774 bits per heavy atom. The van der Waals surface area contributed by atoms with Crippen LogP contribution in [-0.4, -0.2) is 60.7 Å². The summed E-state index contributed by atoms with van der Waals surface area (Å²) in [5, 5.41) is 30.6. The number of benzene rings is 2. The average molecular weight is 420 g/mol. The summed E-state index contributed by atoms with van der Waals surface area (Å²) in [7, 11) is -0.145. The number of amides is 2. The predicted molar refractivity (Wildman–Crippen MR) is 106 cm³/mol. The van der Waals surface area contributed by atoms with E-state index in [9.17, 15) is 9.59 Å². The molecule has 0 aliphatic heterocycles. The SMILES string of the molecule is O=C(Nc1nnn[nH]1)c1cccc(OBOc2cccc(C(=O)Nc3nnn[nH]3)c2)c1. The number of nitrogens with zero attached hydrogens (tertiary/aromatic N) is 6. The maximum Gasteiger partial charge on any atom is 0.576 e. The van der Waals surface area contributed by atoms with Gasteiger partial charge in [-0.3, -0.25) is 20.2 Å². The van der Waals surface area contributed by atoms with Gasteiger partial charge in [0.1, 0.15) is 11.5 Å². The number of aromatic amines is 2. The number of carbonyl (C=O) groups is 2. The first-order chi connectivity index (χ1) is 15.2. The van der Waals surface area contributed by atoms with Gasteiger partial charge in [0.15, 0.2) is 0 Å². The lowest BCUT2D eigenvalue weighted by Gasteiger charge is -2.09. The second-order valence-corrected chi connectivity index (χ2v) is 5.87. The smallest absolute Gasteiger partial charge is 0.529 e. The van der Waals surface area contributed by atoms with Crippen LogP contribution >= 0.6 is 0 Å². The van der Waals surface area contributed by atoms with Gasteiger partial charge in [-0.2, -0.15) is 0 Å². The zero-order valence-electron chi connectivity index (χ0n) is 15.6. The molecule has 0 saturated carbocycles. The lowest BCUT2D eigenvalue weighted by molar-refractivity contribution is 0.101. The first kappa shape index (κ1) is 19.5. The molecule has 2 heterocycles. The quantitative estimate of drug-likeness (QED) is 0.281. The molecule has 154 valence electrons. The highest BCUT2D eigenvalue weighted by atomic mass is 16.6.